The van der Waals surface area contributed by atoms with Crippen LogP contribution in [0.15, 0.2) is 12.3 Å². The van der Waals surface area contributed by atoms with Gasteiger partial charge in [0.1, 0.15) is 5.69 Å². The Morgan fingerprint density at radius 3 is 2.57 bits per heavy atom. The zero-order chi connectivity index (χ0) is 15.5. The number of rotatable bonds is 3. The van der Waals surface area contributed by atoms with Gasteiger partial charge in [0.15, 0.2) is 0 Å². The SMILES string of the molecule is COC(=O)CN1CCN(c2nccc(C(F)(F)F)n2)CC1. The fourth-order valence-corrected chi connectivity index (χ4v) is 2.01. The summed E-state index contributed by atoms with van der Waals surface area (Å²) in [5.74, 6) is -0.277. The van der Waals surface area contributed by atoms with E-state index in [1.54, 1.807) is 4.90 Å². The molecule has 1 aromatic heterocycles. The number of esters is 1. The largest absolute Gasteiger partial charge is 0.468 e. The Hall–Kier alpha value is -1.90. The smallest absolute Gasteiger partial charge is 0.433 e. The van der Waals surface area contributed by atoms with Crippen LogP contribution in [0.3, 0.4) is 0 Å². The summed E-state index contributed by atoms with van der Waals surface area (Å²) in [7, 11) is 1.31. The van der Waals surface area contributed by atoms with Crippen molar-refractivity contribution >= 4 is 11.9 Å². The quantitative estimate of drug-likeness (QED) is 0.770. The fraction of sp³-hybridized carbons (Fsp3) is 0.583. The van der Waals surface area contributed by atoms with Crippen LogP contribution < -0.4 is 4.90 Å². The Labute approximate surface area is 119 Å². The normalized spacial score (nSPS) is 16.9. The molecule has 0 N–H and O–H groups in total. The van der Waals surface area contributed by atoms with E-state index < -0.39 is 11.9 Å². The van der Waals surface area contributed by atoms with E-state index in [0.717, 1.165) is 12.3 Å². The highest BCUT2D eigenvalue weighted by Gasteiger charge is 2.33. The summed E-state index contributed by atoms with van der Waals surface area (Å²) in [6.07, 6.45) is -3.38. The molecule has 0 amide bonds. The Morgan fingerprint density at radius 2 is 2.00 bits per heavy atom. The van der Waals surface area contributed by atoms with Crippen molar-refractivity contribution < 1.29 is 22.7 Å². The highest BCUT2D eigenvalue weighted by atomic mass is 19.4. The summed E-state index contributed by atoms with van der Waals surface area (Å²) < 4.78 is 42.4. The first-order valence-electron chi connectivity index (χ1n) is 6.34. The van der Waals surface area contributed by atoms with E-state index in [0.29, 0.717) is 26.2 Å². The van der Waals surface area contributed by atoms with Crippen LogP contribution >= 0.6 is 0 Å². The van der Waals surface area contributed by atoms with Gasteiger partial charge in [-0.05, 0) is 6.07 Å². The van der Waals surface area contributed by atoms with Gasteiger partial charge in [0, 0.05) is 32.4 Å². The lowest BCUT2D eigenvalue weighted by Crippen LogP contribution is -2.48. The van der Waals surface area contributed by atoms with E-state index in [1.165, 1.54) is 7.11 Å². The molecule has 0 saturated carbocycles. The Morgan fingerprint density at radius 1 is 1.33 bits per heavy atom. The summed E-state index contributed by atoms with van der Waals surface area (Å²) in [4.78, 5) is 22.1. The zero-order valence-electron chi connectivity index (χ0n) is 11.4. The molecule has 0 unspecified atom stereocenters. The van der Waals surface area contributed by atoms with Crippen molar-refractivity contribution in [2.24, 2.45) is 0 Å². The minimum Gasteiger partial charge on any atom is -0.468 e. The molecule has 0 spiro atoms. The molecule has 21 heavy (non-hydrogen) atoms. The van der Waals surface area contributed by atoms with Crippen molar-refractivity contribution in [1.29, 1.82) is 0 Å². The molecule has 2 rings (SSSR count). The molecule has 1 saturated heterocycles. The van der Waals surface area contributed by atoms with Crippen molar-refractivity contribution in [2.45, 2.75) is 6.18 Å². The van der Waals surface area contributed by atoms with Gasteiger partial charge in [0.2, 0.25) is 5.95 Å². The van der Waals surface area contributed by atoms with E-state index in [1.807, 2.05) is 4.90 Å². The Bertz CT molecular complexity index is 502. The standard InChI is InChI=1S/C12H15F3N4O2/c1-21-10(20)8-18-4-6-19(7-5-18)11-16-3-2-9(17-11)12(13,14)15/h2-3H,4-8H2,1H3. The molecule has 0 atom stereocenters. The maximum atomic E-state index is 12.6. The van der Waals surface area contributed by atoms with E-state index in [2.05, 4.69) is 14.7 Å². The fourth-order valence-electron chi connectivity index (χ4n) is 2.01. The van der Waals surface area contributed by atoms with Crippen molar-refractivity contribution in [1.82, 2.24) is 14.9 Å². The van der Waals surface area contributed by atoms with Crippen LogP contribution in [0.4, 0.5) is 19.1 Å². The third-order valence-electron chi connectivity index (χ3n) is 3.17. The number of methoxy groups -OCH3 is 1. The molecule has 116 valence electrons. The van der Waals surface area contributed by atoms with Crippen LogP contribution in [0, 0.1) is 0 Å². The van der Waals surface area contributed by atoms with Crippen LogP contribution in [-0.2, 0) is 15.7 Å². The molecule has 0 radical (unpaired) electrons. The van der Waals surface area contributed by atoms with Gasteiger partial charge < -0.3 is 9.64 Å². The maximum absolute atomic E-state index is 12.6. The second kappa shape index (κ2) is 6.25. The van der Waals surface area contributed by atoms with Crippen LogP contribution in [0.25, 0.3) is 0 Å². The molecule has 1 aromatic rings. The molecular weight excluding hydrogens is 289 g/mol. The predicted molar refractivity (Wildman–Crippen MR) is 67.7 cm³/mol. The van der Waals surface area contributed by atoms with Gasteiger partial charge in [-0.25, -0.2) is 9.97 Å². The molecule has 1 fully saturated rings. The topological polar surface area (TPSA) is 58.6 Å². The average molecular weight is 304 g/mol. The first-order chi connectivity index (χ1) is 9.90. The van der Waals surface area contributed by atoms with Gasteiger partial charge in [-0.15, -0.1) is 0 Å². The van der Waals surface area contributed by atoms with Crippen LogP contribution in [0.1, 0.15) is 5.69 Å². The molecule has 1 aliphatic rings. The molecule has 0 aliphatic carbocycles. The van der Waals surface area contributed by atoms with Crippen LogP contribution in [0.5, 0.6) is 0 Å². The molecule has 9 heteroatoms. The van der Waals surface area contributed by atoms with Gasteiger partial charge in [-0.3, -0.25) is 9.69 Å². The van der Waals surface area contributed by atoms with Gasteiger partial charge in [-0.1, -0.05) is 0 Å². The summed E-state index contributed by atoms with van der Waals surface area (Å²) in [6.45, 7) is 2.16. The van der Waals surface area contributed by atoms with Gasteiger partial charge in [0.25, 0.3) is 0 Å². The first kappa shape index (κ1) is 15.5. The number of nitrogens with zero attached hydrogens (tertiary/aromatic N) is 4. The number of piperazine rings is 1. The van der Waals surface area contributed by atoms with Crippen molar-refractivity contribution in [3.63, 3.8) is 0 Å². The lowest BCUT2D eigenvalue weighted by atomic mass is 10.3. The number of anilines is 1. The van der Waals surface area contributed by atoms with Crippen LogP contribution in [0.2, 0.25) is 0 Å². The van der Waals surface area contributed by atoms with E-state index in [4.69, 9.17) is 0 Å². The number of carbonyl (C=O) groups excluding carboxylic acids is 1. The zero-order valence-corrected chi connectivity index (χ0v) is 11.4. The number of hydrogen-bond acceptors (Lipinski definition) is 6. The second-order valence-electron chi connectivity index (χ2n) is 4.58. The monoisotopic (exact) mass is 304 g/mol. The number of ether oxygens (including phenoxy) is 1. The van der Waals surface area contributed by atoms with Crippen molar-refractivity contribution in [3.8, 4) is 0 Å². The second-order valence-corrected chi connectivity index (χ2v) is 4.58. The number of carbonyl (C=O) groups is 1. The molecule has 2 heterocycles. The van der Waals surface area contributed by atoms with Gasteiger partial charge in [-0.2, -0.15) is 13.2 Å². The summed E-state index contributed by atoms with van der Waals surface area (Å²) >= 11 is 0. The van der Waals surface area contributed by atoms with E-state index in [-0.39, 0.29) is 18.5 Å². The summed E-state index contributed by atoms with van der Waals surface area (Å²) in [5.41, 5.74) is -0.954. The van der Waals surface area contributed by atoms with Crippen molar-refractivity contribution in [2.75, 3.05) is 44.7 Å². The van der Waals surface area contributed by atoms with Crippen LogP contribution in [-0.4, -0.2) is 60.7 Å². The predicted octanol–water partition coefficient (Wildman–Crippen LogP) is 0.790. The van der Waals surface area contributed by atoms with E-state index >= 15 is 0 Å². The van der Waals surface area contributed by atoms with Gasteiger partial charge in [0.05, 0.1) is 13.7 Å². The maximum Gasteiger partial charge on any atom is 0.433 e. The number of aromatic nitrogens is 2. The third kappa shape index (κ3) is 4.03. The molecule has 0 aromatic carbocycles. The minimum absolute atomic E-state index is 0.0579. The third-order valence-corrected chi connectivity index (χ3v) is 3.17. The Balaban J connectivity index is 1.98. The first-order valence-corrected chi connectivity index (χ1v) is 6.34. The molecule has 6 nitrogen and oxygen atoms in total. The minimum atomic E-state index is -4.48. The average Bonchev–Trinajstić information content (AvgIpc) is 2.47. The highest BCUT2D eigenvalue weighted by molar-refractivity contribution is 5.71. The molecular formula is C12H15F3N4O2. The number of halogens is 3. The molecule has 1 aliphatic heterocycles. The van der Waals surface area contributed by atoms with Crippen molar-refractivity contribution in [3.05, 3.63) is 18.0 Å². The van der Waals surface area contributed by atoms with Gasteiger partial charge >= 0.3 is 12.1 Å². The highest BCUT2D eigenvalue weighted by Crippen LogP contribution is 2.28. The lowest BCUT2D eigenvalue weighted by Gasteiger charge is -2.34. The number of hydrogen-bond donors (Lipinski definition) is 0. The number of alkyl halides is 3. The molecule has 0 bridgehead atoms. The Kier molecular flexibility index (Phi) is 4.61. The summed E-state index contributed by atoms with van der Waals surface area (Å²) in [6, 6.07) is 0.844. The summed E-state index contributed by atoms with van der Waals surface area (Å²) in [5, 5.41) is 0. The lowest BCUT2D eigenvalue weighted by molar-refractivity contribution is -0.142. The van der Waals surface area contributed by atoms with E-state index in [9.17, 15) is 18.0 Å².